The van der Waals surface area contributed by atoms with E-state index in [1.54, 1.807) is 30.0 Å². The van der Waals surface area contributed by atoms with Gasteiger partial charge in [0.05, 0.1) is 5.56 Å². The zero-order valence-corrected chi connectivity index (χ0v) is 10.2. The quantitative estimate of drug-likeness (QED) is 0.614. The molecule has 1 aromatic carbocycles. The lowest BCUT2D eigenvalue weighted by Crippen LogP contribution is -1.95. The normalized spacial score (nSPS) is 10.2. The molecule has 0 aliphatic rings. The van der Waals surface area contributed by atoms with Gasteiger partial charge in [0.1, 0.15) is 0 Å². The Kier molecular flexibility index (Phi) is 5.65. The fraction of sp³-hybridized carbons (Fsp3) is 0.364. The summed E-state index contributed by atoms with van der Waals surface area (Å²) < 4.78 is 0. The van der Waals surface area contributed by atoms with Crippen molar-refractivity contribution in [3.05, 3.63) is 29.8 Å². The lowest BCUT2D eigenvalue weighted by atomic mass is 10.2. The van der Waals surface area contributed by atoms with Crippen molar-refractivity contribution in [1.82, 2.24) is 0 Å². The molecule has 1 aromatic rings. The second-order valence-electron chi connectivity index (χ2n) is 3.03. The van der Waals surface area contributed by atoms with Crippen molar-refractivity contribution >= 4 is 29.5 Å². The van der Waals surface area contributed by atoms with Crippen molar-refractivity contribution in [3.8, 4) is 0 Å². The first-order chi connectivity index (χ1) is 7.24. The van der Waals surface area contributed by atoms with E-state index in [9.17, 15) is 4.79 Å². The number of carboxylic acid groups (broad SMARTS) is 1. The molecular formula is C11H14O2S2. The monoisotopic (exact) mass is 242 g/mol. The van der Waals surface area contributed by atoms with Crippen LogP contribution in [0.15, 0.2) is 29.2 Å². The van der Waals surface area contributed by atoms with Gasteiger partial charge < -0.3 is 5.11 Å². The van der Waals surface area contributed by atoms with Crippen LogP contribution >= 0.6 is 23.5 Å². The molecule has 0 aliphatic carbocycles. The van der Waals surface area contributed by atoms with Gasteiger partial charge in [-0.25, -0.2) is 4.79 Å². The number of hydrogen-bond donors (Lipinski definition) is 1. The topological polar surface area (TPSA) is 37.3 Å². The van der Waals surface area contributed by atoms with E-state index in [1.807, 2.05) is 17.8 Å². The Morgan fingerprint density at radius 1 is 1.40 bits per heavy atom. The van der Waals surface area contributed by atoms with Gasteiger partial charge in [-0.2, -0.15) is 11.8 Å². The second kappa shape index (κ2) is 6.80. The van der Waals surface area contributed by atoms with Crippen LogP contribution in [0, 0.1) is 0 Å². The zero-order chi connectivity index (χ0) is 11.1. The molecule has 4 heteroatoms. The summed E-state index contributed by atoms with van der Waals surface area (Å²) in [6.45, 7) is 0. The SMILES string of the molecule is CSCCCSc1cccc(C(=O)O)c1. The van der Waals surface area contributed by atoms with Gasteiger partial charge in [0, 0.05) is 4.90 Å². The smallest absolute Gasteiger partial charge is 0.335 e. The van der Waals surface area contributed by atoms with Crippen LogP contribution in [-0.2, 0) is 0 Å². The Morgan fingerprint density at radius 2 is 2.20 bits per heavy atom. The average Bonchev–Trinajstić information content (AvgIpc) is 2.25. The minimum Gasteiger partial charge on any atom is -0.478 e. The maximum Gasteiger partial charge on any atom is 0.335 e. The predicted octanol–water partition coefficient (Wildman–Crippen LogP) is 3.23. The molecule has 0 saturated carbocycles. The van der Waals surface area contributed by atoms with Crippen LogP contribution in [0.1, 0.15) is 16.8 Å². The van der Waals surface area contributed by atoms with Gasteiger partial charge >= 0.3 is 5.97 Å². The predicted molar refractivity (Wildman–Crippen MR) is 67.1 cm³/mol. The molecule has 0 heterocycles. The molecular weight excluding hydrogens is 228 g/mol. The third kappa shape index (κ3) is 4.62. The number of carbonyl (C=O) groups is 1. The van der Waals surface area contributed by atoms with E-state index in [4.69, 9.17) is 5.11 Å². The van der Waals surface area contributed by atoms with Crippen LogP contribution in [0.5, 0.6) is 0 Å². The van der Waals surface area contributed by atoms with E-state index in [-0.39, 0.29) is 0 Å². The van der Waals surface area contributed by atoms with Crippen LogP contribution in [-0.4, -0.2) is 28.8 Å². The van der Waals surface area contributed by atoms with Crippen molar-refractivity contribution in [2.75, 3.05) is 17.8 Å². The van der Waals surface area contributed by atoms with Crippen molar-refractivity contribution in [2.24, 2.45) is 0 Å². The van der Waals surface area contributed by atoms with Gasteiger partial charge in [-0.1, -0.05) is 6.07 Å². The van der Waals surface area contributed by atoms with Gasteiger partial charge in [0.15, 0.2) is 0 Å². The third-order valence-electron chi connectivity index (χ3n) is 1.84. The largest absolute Gasteiger partial charge is 0.478 e. The molecule has 0 aromatic heterocycles. The summed E-state index contributed by atoms with van der Waals surface area (Å²) >= 11 is 3.55. The maximum atomic E-state index is 10.7. The van der Waals surface area contributed by atoms with E-state index in [1.165, 1.54) is 0 Å². The first kappa shape index (κ1) is 12.5. The highest BCUT2D eigenvalue weighted by atomic mass is 32.2. The summed E-state index contributed by atoms with van der Waals surface area (Å²) in [6, 6.07) is 7.09. The highest BCUT2D eigenvalue weighted by Crippen LogP contribution is 2.20. The van der Waals surface area contributed by atoms with E-state index >= 15 is 0 Å². The van der Waals surface area contributed by atoms with E-state index < -0.39 is 5.97 Å². The van der Waals surface area contributed by atoms with Crippen molar-refractivity contribution in [3.63, 3.8) is 0 Å². The van der Waals surface area contributed by atoms with Gasteiger partial charge in [-0.15, -0.1) is 11.8 Å². The molecule has 0 radical (unpaired) electrons. The first-order valence-electron chi connectivity index (χ1n) is 4.69. The summed E-state index contributed by atoms with van der Waals surface area (Å²) in [5.74, 6) is 1.34. The fourth-order valence-corrected chi connectivity index (χ4v) is 2.64. The maximum absolute atomic E-state index is 10.7. The number of rotatable bonds is 6. The summed E-state index contributed by atoms with van der Waals surface area (Å²) in [6.07, 6.45) is 3.25. The number of aromatic carboxylic acids is 1. The Morgan fingerprint density at radius 3 is 2.87 bits per heavy atom. The lowest BCUT2D eigenvalue weighted by molar-refractivity contribution is 0.0696. The minimum atomic E-state index is -0.860. The molecule has 0 unspecified atom stereocenters. The van der Waals surface area contributed by atoms with Gasteiger partial charge in [-0.3, -0.25) is 0 Å². The highest BCUT2D eigenvalue weighted by Gasteiger charge is 2.02. The molecule has 1 rings (SSSR count). The molecule has 0 aliphatic heterocycles. The molecule has 82 valence electrons. The summed E-state index contributed by atoms with van der Waals surface area (Å²) in [5.41, 5.74) is 0.366. The van der Waals surface area contributed by atoms with Crippen molar-refractivity contribution in [2.45, 2.75) is 11.3 Å². The summed E-state index contributed by atoms with van der Waals surface area (Å²) in [7, 11) is 0. The van der Waals surface area contributed by atoms with Crippen LogP contribution in [0.2, 0.25) is 0 Å². The molecule has 0 bridgehead atoms. The number of carboxylic acids is 1. The molecule has 0 spiro atoms. The number of hydrogen-bond acceptors (Lipinski definition) is 3. The van der Waals surface area contributed by atoms with Crippen LogP contribution in [0.3, 0.4) is 0 Å². The Labute approximate surface area is 98.5 Å². The van der Waals surface area contributed by atoms with Gasteiger partial charge in [0.2, 0.25) is 0 Å². The molecule has 0 saturated heterocycles. The third-order valence-corrected chi connectivity index (χ3v) is 3.62. The van der Waals surface area contributed by atoms with Crippen LogP contribution in [0.25, 0.3) is 0 Å². The lowest BCUT2D eigenvalue weighted by Gasteiger charge is -2.02. The molecule has 15 heavy (non-hydrogen) atoms. The van der Waals surface area contributed by atoms with E-state index in [2.05, 4.69) is 6.26 Å². The Bertz CT molecular complexity index is 326. The van der Waals surface area contributed by atoms with Crippen LogP contribution < -0.4 is 0 Å². The summed E-state index contributed by atoms with van der Waals surface area (Å²) in [5, 5.41) is 8.81. The zero-order valence-electron chi connectivity index (χ0n) is 8.60. The summed E-state index contributed by atoms with van der Waals surface area (Å²) in [4.78, 5) is 11.8. The van der Waals surface area contributed by atoms with Crippen molar-refractivity contribution < 1.29 is 9.90 Å². The van der Waals surface area contributed by atoms with E-state index in [0.717, 1.165) is 22.8 Å². The van der Waals surface area contributed by atoms with E-state index in [0.29, 0.717) is 5.56 Å². The van der Waals surface area contributed by atoms with Crippen LogP contribution in [0.4, 0.5) is 0 Å². The average molecular weight is 242 g/mol. The molecule has 0 fully saturated rings. The molecule has 1 N–H and O–H groups in total. The Balaban J connectivity index is 2.47. The molecule has 2 nitrogen and oxygen atoms in total. The van der Waals surface area contributed by atoms with Gasteiger partial charge in [0.25, 0.3) is 0 Å². The molecule has 0 amide bonds. The molecule has 0 atom stereocenters. The minimum absolute atomic E-state index is 0.366. The van der Waals surface area contributed by atoms with Gasteiger partial charge in [-0.05, 0) is 42.4 Å². The van der Waals surface area contributed by atoms with Crippen molar-refractivity contribution in [1.29, 1.82) is 0 Å². The second-order valence-corrected chi connectivity index (χ2v) is 5.18. The first-order valence-corrected chi connectivity index (χ1v) is 7.07. The standard InChI is InChI=1S/C11H14O2S2/c1-14-6-3-7-15-10-5-2-4-9(8-10)11(12)13/h2,4-5,8H,3,6-7H2,1H3,(H,12,13). The Hall–Kier alpha value is -0.610. The highest BCUT2D eigenvalue weighted by molar-refractivity contribution is 7.99. The number of thioether (sulfide) groups is 2. The fourth-order valence-electron chi connectivity index (χ4n) is 1.11. The number of benzene rings is 1.